The molecule has 0 saturated carbocycles. The number of anilines is 2. The van der Waals surface area contributed by atoms with E-state index in [0.29, 0.717) is 35.7 Å². The Labute approximate surface area is 151 Å². The van der Waals surface area contributed by atoms with Crippen LogP contribution in [-0.4, -0.2) is 16.6 Å². The van der Waals surface area contributed by atoms with E-state index in [0.717, 1.165) is 17.6 Å². The van der Waals surface area contributed by atoms with Crippen molar-refractivity contribution in [2.45, 2.75) is 26.9 Å². The van der Waals surface area contributed by atoms with Crippen molar-refractivity contribution in [2.75, 3.05) is 11.9 Å². The summed E-state index contributed by atoms with van der Waals surface area (Å²) in [5.41, 5.74) is 3.96. The fourth-order valence-electron chi connectivity index (χ4n) is 2.53. The fourth-order valence-corrected chi connectivity index (χ4v) is 2.69. The maximum Gasteiger partial charge on any atom is 0.165 e. The number of rotatable bonds is 6. The second-order valence-electron chi connectivity index (χ2n) is 5.75. The Bertz CT molecular complexity index is 901. The normalized spacial score (nSPS) is 11.0. The van der Waals surface area contributed by atoms with Crippen LogP contribution in [0.2, 0.25) is 5.02 Å². The molecule has 0 fully saturated rings. The summed E-state index contributed by atoms with van der Waals surface area (Å²) in [6.45, 7) is 4.85. The number of ether oxygens (including phenoxy) is 1. The first-order valence-corrected chi connectivity index (χ1v) is 8.52. The summed E-state index contributed by atoms with van der Waals surface area (Å²) in [5, 5.41) is 3.20. The zero-order chi connectivity index (χ0) is 17.8. The lowest BCUT2D eigenvalue weighted by atomic mass is 10.1. The second-order valence-corrected chi connectivity index (χ2v) is 6.16. The Balaban J connectivity index is 2.02. The predicted molar refractivity (Wildman–Crippen MR) is 98.9 cm³/mol. The van der Waals surface area contributed by atoms with E-state index in [1.165, 1.54) is 0 Å². The van der Waals surface area contributed by atoms with Crippen molar-refractivity contribution in [3.8, 4) is 0 Å². The van der Waals surface area contributed by atoms with E-state index in [1.54, 1.807) is 24.4 Å². The maximum atomic E-state index is 14.7. The van der Waals surface area contributed by atoms with Crippen LogP contribution in [0.4, 0.5) is 15.8 Å². The third-order valence-corrected chi connectivity index (χ3v) is 4.06. The molecule has 0 saturated heterocycles. The Morgan fingerprint density at radius 3 is 2.84 bits per heavy atom. The lowest BCUT2D eigenvalue weighted by Gasteiger charge is -2.15. The highest BCUT2D eigenvalue weighted by atomic mass is 35.5. The molecule has 1 N–H and O–H groups in total. The van der Waals surface area contributed by atoms with Crippen LogP contribution in [0, 0.1) is 12.7 Å². The summed E-state index contributed by atoms with van der Waals surface area (Å²) in [4.78, 5) is 8.82. The van der Waals surface area contributed by atoms with Crippen LogP contribution in [0.3, 0.4) is 0 Å². The lowest BCUT2D eigenvalue weighted by molar-refractivity contribution is 0.122. The van der Waals surface area contributed by atoms with Gasteiger partial charge in [0.05, 0.1) is 28.5 Å². The minimum atomic E-state index is -0.503. The molecule has 0 unspecified atom stereocenters. The van der Waals surface area contributed by atoms with Crippen LogP contribution in [-0.2, 0) is 11.3 Å². The molecular weight excluding hydrogens is 341 g/mol. The van der Waals surface area contributed by atoms with Gasteiger partial charge in [0, 0.05) is 24.1 Å². The monoisotopic (exact) mass is 359 g/mol. The van der Waals surface area contributed by atoms with E-state index >= 15 is 0 Å². The molecule has 3 aromatic rings. The summed E-state index contributed by atoms with van der Waals surface area (Å²) in [6, 6.07) is 8.86. The van der Waals surface area contributed by atoms with Gasteiger partial charge in [-0.15, -0.1) is 0 Å². The molecule has 0 aliphatic carbocycles. The number of nitrogens with one attached hydrogen (secondary N) is 1. The van der Waals surface area contributed by atoms with Gasteiger partial charge in [0.2, 0.25) is 0 Å². The zero-order valence-electron chi connectivity index (χ0n) is 14.1. The topological polar surface area (TPSA) is 47.0 Å². The summed E-state index contributed by atoms with van der Waals surface area (Å²) in [7, 11) is 0. The highest BCUT2D eigenvalue weighted by molar-refractivity contribution is 6.31. The maximum absolute atomic E-state index is 14.7. The van der Waals surface area contributed by atoms with Crippen LogP contribution in [0.25, 0.3) is 11.0 Å². The second kappa shape index (κ2) is 7.76. The third kappa shape index (κ3) is 3.89. The number of aromatic nitrogens is 2. The van der Waals surface area contributed by atoms with Crippen LogP contribution in [0.1, 0.15) is 24.6 Å². The van der Waals surface area contributed by atoms with Gasteiger partial charge in [0.1, 0.15) is 5.52 Å². The number of nitrogens with zero attached hydrogens (tertiary/aromatic N) is 2. The van der Waals surface area contributed by atoms with Crippen molar-refractivity contribution >= 4 is 34.0 Å². The number of hydrogen-bond donors (Lipinski definition) is 1. The van der Waals surface area contributed by atoms with Gasteiger partial charge in [-0.2, -0.15) is 0 Å². The SMILES string of the molecule is CCCOCc1ccc(Cl)c(F)c1Nc1ccnc2ccc(C)nc12. The number of pyridine rings is 2. The molecule has 2 aromatic heterocycles. The first-order chi connectivity index (χ1) is 12.1. The third-order valence-electron chi connectivity index (χ3n) is 3.77. The molecule has 0 aliphatic heterocycles. The van der Waals surface area contributed by atoms with Gasteiger partial charge in [0.15, 0.2) is 5.82 Å². The molecule has 0 amide bonds. The molecular formula is C19H19ClFN3O. The van der Waals surface area contributed by atoms with E-state index in [4.69, 9.17) is 16.3 Å². The minimum Gasteiger partial charge on any atom is -0.377 e. The van der Waals surface area contributed by atoms with Gasteiger partial charge in [-0.3, -0.25) is 4.98 Å². The molecule has 0 atom stereocenters. The number of hydrogen-bond acceptors (Lipinski definition) is 4. The number of benzene rings is 1. The molecule has 0 radical (unpaired) electrons. The largest absolute Gasteiger partial charge is 0.377 e. The number of halogens is 2. The Hall–Kier alpha value is -2.24. The molecule has 25 heavy (non-hydrogen) atoms. The molecule has 0 bridgehead atoms. The standard InChI is InChI=1S/C19H19ClFN3O/c1-3-10-25-11-13-5-6-14(20)17(21)18(13)24-16-8-9-22-15-7-4-12(2)23-19(15)16/h4-9H,3,10-11H2,1-2H3,(H,22,24). The lowest BCUT2D eigenvalue weighted by Crippen LogP contribution is -2.04. The molecule has 1 aromatic carbocycles. The van der Waals surface area contributed by atoms with E-state index in [9.17, 15) is 4.39 Å². The van der Waals surface area contributed by atoms with Gasteiger partial charge in [-0.25, -0.2) is 9.37 Å². The van der Waals surface area contributed by atoms with Crippen molar-refractivity contribution < 1.29 is 9.13 Å². The molecule has 3 rings (SSSR count). The van der Waals surface area contributed by atoms with Crippen LogP contribution < -0.4 is 5.32 Å². The van der Waals surface area contributed by atoms with Crippen LogP contribution in [0.15, 0.2) is 36.5 Å². The molecule has 2 heterocycles. The molecule has 130 valence electrons. The van der Waals surface area contributed by atoms with Crippen molar-refractivity contribution in [3.63, 3.8) is 0 Å². The van der Waals surface area contributed by atoms with Crippen LogP contribution >= 0.6 is 11.6 Å². The van der Waals surface area contributed by atoms with E-state index < -0.39 is 5.82 Å². The predicted octanol–water partition coefficient (Wildman–Crippen LogP) is 5.40. The average Bonchev–Trinajstić information content (AvgIpc) is 2.61. The van der Waals surface area contributed by atoms with Gasteiger partial charge >= 0.3 is 0 Å². The van der Waals surface area contributed by atoms with Crippen LogP contribution in [0.5, 0.6) is 0 Å². The summed E-state index contributed by atoms with van der Waals surface area (Å²) >= 11 is 5.97. The zero-order valence-corrected chi connectivity index (χ0v) is 14.9. The quantitative estimate of drug-likeness (QED) is 0.598. The first-order valence-electron chi connectivity index (χ1n) is 8.14. The first kappa shape index (κ1) is 17.6. The highest BCUT2D eigenvalue weighted by Crippen LogP contribution is 2.32. The van der Waals surface area contributed by atoms with E-state index in [1.807, 2.05) is 26.0 Å². The average molecular weight is 360 g/mol. The molecule has 0 aliphatic rings. The fraction of sp³-hybridized carbons (Fsp3) is 0.263. The Kier molecular flexibility index (Phi) is 5.46. The summed E-state index contributed by atoms with van der Waals surface area (Å²) < 4.78 is 20.2. The van der Waals surface area contributed by atoms with Gasteiger partial charge in [-0.1, -0.05) is 24.6 Å². The van der Waals surface area contributed by atoms with Crippen molar-refractivity contribution in [3.05, 3.63) is 58.6 Å². The Morgan fingerprint density at radius 2 is 2.04 bits per heavy atom. The van der Waals surface area contributed by atoms with Crippen molar-refractivity contribution in [2.24, 2.45) is 0 Å². The summed E-state index contributed by atoms with van der Waals surface area (Å²) in [5.74, 6) is -0.503. The molecule has 0 spiro atoms. The van der Waals surface area contributed by atoms with Crippen molar-refractivity contribution in [1.82, 2.24) is 9.97 Å². The summed E-state index contributed by atoms with van der Waals surface area (Å²) in [6.07, 6.45) is 2.56. The smallest absolute Gasteiger partial charge is 0.165 e. The molecule has 4 nitrogen and oxygen atoms in total. The van der Waals surface area contributed by atoms with Gasteiger partial charge in [-0.05, 0) is 37.6 Å². The number of fused-ring (bicyclic) bond motifs is 1. The van der Waals surface area contributed by atoms with E-state index in [2.05, 4.69) is 15.3 Å². The molecule has 6 heteroatoms. The van der Waals surface area contributed by atoms with Gasteiger partial charge < -0.3 is 10.1 Å². The van der Waals surface area contributed by atoms with E-state index in [-0.39, 0.29) is 5.02 Å². The highest BCUT2D eigenvalue weighted by Gasteiger charge is 2.15. The Morgan fingerprint density at radius 1 is 1.20 bits per heavy atom. The number of aryl methyl sites for hydroxylation is 1. The van der Waals surface area contributed by atoms with Gasteiger partial charge in [0.25, 0.3) is 0 Å². The van der Waals surface area contributed by atoms with Crippen molar-refractivity contribution in [1.29, 1.82) is 0 Å². The minimum absolute atomic E-state index is 0.0595.